The Morgan fingerprint density at radius 3 is 2.50 bits per heavy atom. The van der Waals surface area contributed by atoms with Gasteiger partial charge in [-0.3, -0.25) is 4.98 Å². The number of aryl methyl sites for hydroxylation is 1. The molecule has 1 aliphatic carbocycles. The van der Waals surface area contributed by atoms with E-state index in [9.17, 15) is 5.11 Å². The van der Waals surface area contributed by atoms with Gasteiger partial charge in [-0.15, -0.1) is 0 Å². The lowest BCUT2D eigenvalue weighted by molar-refractivity contribution is 0.0867. The summed E-state index contributed by atoms with van der Waals surface area (Å²) in [5, 5.41) is 10.6. The Morgan fingerprint density at radius 2 is 1.79 bits per heavy atom. The van der Waals surface area contributed by atoms with Crippen molar-refractivity contribution in [2.24, 2.45) is 0 Å². The van der Waals surface area contributed by atoms with E-state index in [2.05, 4.69) is 22.0 Å². The average Bonchev–Trinajstić information content (AvgIpc) is 3.16. The van der Waals surface area contributed by atoms with Crippen LogP contribution in [0.2, 0.25) is 0 Å². The van der Waals surface area contributed by atoms with Crippen LogP contribution in [0.25, 0.3) is 11.5 Å². The quantitative estimate of drug-likeness (QED) is 0.711. The first kappa shape index (κ1) is 18.6. The fourth-order valence-electron chi connectivity index (χ4n) is 3.76. The van der Waals surface area contributed by atoms with E-state index >= 15 is 0 Å². The maximum absolute atomic E-state index is 10.6. The largest absolute Gasteiger partial charge is 0.389 e. The minimum atomic E-state index is -0.837. The summed E-state index contributed by atoms with van der Waals surface area (Å²) >= 11 is 0. The topological polar surface area (TPSA) is 62.1 Å². The predicted octanol–water partition coefficient (Wildman–Crippen LogP) is 3.80. The van der Waals surface area contributed by atoms with E-state index in [1.165, 1.54) is 11.1 Å². The number of hydrogen-bond donors (Lipinski definition) is 1. The maximum Gasteiger partial charge on any atom is 0.180 e. The van der Waals surface area contributed by atoms with Gasteiger partial charge in [0.05, 0.1) is 5.60 Å². The van der Waals surface area contributed by atoms with Gasteiger partial charge in [-0.1, -0.05) is 36.4 Å². The van der Waals surface area contributed by atoms with Gasteiger partial charge < -0.3 is 10.0 Å². The Bertz CT molecular complexity index is 936. The molecule has 0 unspecified atom stereocenters. The fourth-order valence-corrected chi connectivity index (χ4v) is 3.76. The first-order valence-electron chi connectivity index (χ1n) is 9.82. The molecule has 2 heterocycles. The molecule has 0 atom stereocenters. The number of benzene rings is 1. The molecule has 1 aliphatic rings. The standard InChI is InChI=1S/C23H26N4O/c1-23(2,28)16-27(15-17-9-4-3-5-10-17)22-18-11-8-13-19(18)25-21(26-22)20-12-6-7-14-24-20/h3-7,9-10,12,14,28H,8,11,13,15-16H2,1-2H3. The summed E-state index contributed by atoms with van der Waals surface area (Å²) in [6.45, 7) is 4.86. The van der Waals surface area contributed by atoms with Crippen LogP contribution in [0.1, 0.15) is 37.1 Å². The minimum absolute atomic E-state index is 0.493. The van der Waals surface area contributed by atoms with Crippen LogP contribution in [0.5, 0.6) is 0 Å². The van der Waals surface area contributed by atoms with Crippen molar-refractivity contribution in [2.75, 3.05) is 11.4 Å². The summed E-state index contributed by atoms with van der Waals surface area (Å²) in [5.74, 6) is 1.58. The fraction of sp³-hybridized carbons (Fsp3) is 0.348. The molecule has 0 aliphatic heterocycles. The van der Waals surface area contributed by atoms with Crippen molar-refractivity contribution in [1.29, 1.82) is 0 Å². The summed E-state index contributed by atoms with van der Waals surface area (Å²) < 4.78 is 0. The molecule has 0 fully saturated rings. The number of aromatic nitrogens is 3. The molecule has 3 aromatic rings. The molecule has 0 radical (unpaired) electrons. The molecule has 0 bridgehead atoms. The third-order valence-corrected chi connectivity index (χ3v) is 4.90. The van der Waals surface area contributed by atoms with Gasteiger partial charge in [0.25, 0.3) is 0 Å². The molecule has 0 spiro atoms. The van der Waals surface area contributed by atoms with E-state index in [0.717, 1.165) is 36.5 Å². The highest BCUT2D eigenvalue weighted by atomic mass is 16.3. The first-order valence-corrected chi connectivity index (χ1v) is 9.82. The second-order valence-corrected chi connectivity index (χ2v) is 8.02. The van der Waals surface area contributed by atoms with Crippen molar-refractivity contribution in [3.05, 3.63) is 71.5 Å². The second kappa shape index (κ2) is 7.68. The average molecular weight is 374 g/mol. The summed E-state index contributed by atoms with van der Waals surface area (Å²) in [7, 11) is 0. The Labute approximate surface area is 166 Å². The Kier molecular flexibility index (Phi) is 5.09. The molecular formula is C23H26N4O. The zero-order chi connectivity index (χ0) is 19.6. The van der Waals surface area contributed by atoms with Crippen molar-refractivity contribution in [3.63, 3.8) is 0 Å². The summed E-state index contributed by atoms with van der Waals surface area (Å²) in [6.07, 6.45) is 4.80. The second-order valence-electron chi connectivity index (χ2n) is 8.02. The zero-order valence-corrected chi connectivity index (χ0v) is 16.5. The number of fused-ring (bicyclic) bond motifs is 1. The van der Waals surface area contributed by atoms with Crippen LogP contribution < -0.4 is 4.90 Å². The van der Waals surface area contributed by atoms with Crippen LogP contribution in [0, 0.1) is 0 Å². The van der Waals surface area contributed by atoms with Crippen LogP contribution in [0.4, 0.5) is 5.82 Å². The Morgan fingerprint density at radius 1 is 1.00 bits per heavy atom. The molecular weight excluding hydrogens is 348 g/mol. The van der Waals surface area contributed by atoms with Crippen molar-refractivity contribution in [1.82, 2.24) is 15.0 Å². The summed E-state index contributed by atoms with van der Waals surface area (Å²) in [5.41, 5.74) is 3.45. The van der Waals surface area contributed by atoms with E-state index in [1.807, 2.05) is 50.2 Å². The van der Waals surface area contributed by atoms with Gasteiger partial charge in [-0.25, -0.2) is 9.97 Å². The lowest BCUT2D eigenvalue weighted by Crippen LogP contribution is -2.39. The molecule has 0 saturated heterocycles. The van der Waals surface area contributed by atoms with E-state index in [0.29, 0.717) is 18.9 Å². The van der Waals surface area contributed by atoms with Crippen LogP contribution in [0.3, 0.4) is 0 Å². The molecule has 1 N–H and O–H groups in total. The molecule has 2 aromatic heterocycles. The van der Waals surface area contributed by atoms with Gasteiger partial charge in [0.15, 0.2) is 5.82 Å². The SMILES string of the molecule is CC(C)(O)CN(Cc1ccccc1)c1nc(-c2ccccn2)nc2c1CCC2. The number of nitrogens with zero attached hydrogens (tertiary/aromatic N) is 4. The number of aliphatic hydroxyl groups is 1. The van der Waals surface area contributed by atoms with Gasteiger partial charge in [-0.2, -0.15) is 0 Å². The van der Waals surface area contributed by atoms with Gasteiger partial charge in [0.1, 0.15) is 11.5 Å². The van der Waals surface area contributed by atoms with Crippen molar-refractivity contribution < 1.29 is 5.11 Å². The highest BCUT2D eigenvalue weighted by molar-refractivity contribution is 5.59. The number of hydrogen-bond acceptors (Lipinski definition) is 5. The van der Waals surface area contributed by atoms with Crippen LogP contribution in [-0.4, -0.2) is 32.2 Å². The van der Waals surface area contributed by atoms with Gasteiger partial charge in [0.2, 0.25) is 0 Å². The highest BCUT2D eigenvalue weighted by Gasteiger charge is 2.27. The first-order chi connectivity index (χ1) is 13.5. The molecule has 28 heavy (non-hydrogen) atoms. The molecule has 0 amide bonds. The normalized spacial score (nSPS) is 13.4. The Hall–Kier alpha value is -2.79. The zero-order valence-electron chi connectivity index (χ0n) is 16.5. The van der Waals surface area contributed by atoms with Crippen LogP contribution in [-0.2, 0) is 19.4 Å². The molecule has 0 saturated carbocycles. The van der Waals surface area contributed by atoms with Gasteiger partial charge in [-0.05, 0) is 50.8 Å². The smallest absolute Gasteiger partial charge is 0.180 e. The van der Waals surface area contributed by atoms with E-state index in [4.69, 9.17) is 9.97 Å². The van der Waals surface area contributed by atoms with Crippen LogP contribution >= 0.6 is 0 Å². The number of rotatable bonds is 6. The van der Waals surface area contributed by atoms with Crippen molar-refractivity contribution >= 4 is 5.82 Å². The minimum Gasteiger partial charge on any atom is -0.389 e. The maximum atomic E-state index is 10.6. The molecule has 144 valence electrons. The van der Waals surface area contributed by atoms with Gasteiger partial charge >= 0.3 is 0 Å². The number of anilines is 1. The van der Waals surface area contributed by atoms with Crippen molar-refractivity contribution in [2.45, 2.75) is 45.3 Å². The highest BCUT2D eigenvalue weighted by Crippen LogP contribution is 2.32. The predicted molar refractivity (Wildman–Crippen MR) is 111 cm³/mol. The van der Waals surface area contributed by atoms with E-state index in [1.54, 1.807) is 6.20 Å². The number of pyridine rings is 1. The van der Waals surface area contributed by atoms with Crippen molar-refractivity contribution in [3.8, 4) is 11.5 Å². The third-order valence-electron chi connectivity index (χ3n) is 4.90. The summed E-state index contributed by atoms with van der Waals surface area (Å²) in [4.78, 5) is 16.4. The van der Waals surface area contributed by atoms with Gasteiger partial charge in [0, 0.05) is 30.5 Å². The van der Waals surface area contributed by atoms with Crippen LogP contribution in [0.15, 0.2) is 54.7 Å². The van der Waals surface area contributed by atoms with E-state index in [-0.39, 0.29) is 0 Å². The Balaban J connectivity index is 1.79. The molecule has 5 nitrogen and oxygen atoms in total. The molecule has 4 rings (SSSR count). The molecule has 1 aromatic carbocycles. The molecule has 5 heteroatoms. The monoisotopic (exact) mass is 374 g/mol. The third kappa shape index (κ3) is 4.20. The lowest BCUT2D eigenvalue weighted by Gasteiger charge is -2.31. The lowest BCUT2D eigenvalue weighted by atomic mass is 10.1. The van der Waals surface area contributed by atoms with E-state index < -0.39 is 5.60 Å². The summed E-state index contributed by atoms with van der Waals surface area (Å²) in [6, 6.07) is 16.1.